The molecular formula is C18H20N2O5. The summed E-state index contributed by atoms with van der Waals surface area (Å²) < 4.78 is 9.24. The molecule has 0 aliphatic heterocycles. The van der Waals surface area contributed by atoms with Crippen molar-refractivity contribution in [2.24, 2.45) is 0 Å². The lowest BCUT2D eigenvalue weighted by Gasteiger charge is -2.16. The highest BCUT2D eigenvalue weighted by molar-refractivity contribution is 5.86. The van der Waals surface area contributed by atoms with E-state index in [-0.39, 0.29) is 19.3 Å². The molecule has 2 aromatic rings. The molecule has 1 atom stereocenters. The Balaban J connectivity index is 2.07. The number of amides is 1. The van der Waals surface area contributed by atoms with Crippen molar-refractivity contribution in [1.82, 2.24) is 10.3 Å². The molecule has 1 aromatic carbocycles. The van der Waals surface area contributed by atoms with Crippen molar-refractivity contribution in [2.75, 3.05) is 14.2 Å². The van der Waals surface area contributed by atoms with E-state index in [1.54, 1.807) is 6.07 Å². The van der Waals surface area contributed by atoms with Crippen LogP contribution in [0, 0.1) is 0 Å². The summed E-state index contributed by atoms with van der Waals surface area (Å²) in [5, 5.41) is 3.57. The van der Waals surface area contributed by atoms with Crippen LogP contribution in [0.1, 0.15) is 18.5 Å². The van der Waals surface area contributed by atoms with E-state index < -0.39 is 23.9 Å². The zero-order valence-electron chi connectivity index (χ0n) is 14.2. The maximum atomic E-state index is 12.0. The fourth-order valence-electron chi connectivity index (χ4n) is 2.35. The molecular weight excluding hydrogens is 324 g/mol. The quantitative estimate of drug-likeness (QED) is 0.763. The molecule has 1 aromatic heterocycles. The second kappa shape index (κ2) is 8.77. The number of carbonyl (C=O) groups excluding carboxylic acids is 3. The lowest BCUT2D eigenvalue weighted by atomic mass is 10.1. The first-order chi connectivity index (χ1) is 12.0. The van der Waals surface area contributed by atoms with Gasteiger partial charge in [-0.1, -0.05) is 24.3 Å². The third-order valence-electron chi connectivity index (χ3n) is 3.67. The zero-order valence-corrected chi connectivity index (χ0v) is 14.2. The molecule has 132 valence electrons. The Morgan fingerprint density at radius 1 is 1.04 bits per heavy atom. The molecule has 25 heavy (non-hydrogen) atoms. The Morgan fingerprint density at radius 3 is 2.52 bits per heavy atom. The van der Waals surface area contributed by atoms with Crippen molar-refractivity contribution in [2.45, 2.75) is 25.3 Å². The molecule has 0 saturated carbocycles. The summed E-state index contributed by atoms with van der Waals surface area (Å²) in [6.45, 7) is 0. The molecule has 0 spiro atoms. The first kappa shape index (κ1) is 18.4. The molecule has 0 aliphatic carbocycles. The third kappa shape index (κ3) is 5.27. The van der Waals surface area contributed by atoms with Crippen LogP contribution in [-0.4, -0.2) is 43.1 Å². The second-order valence-electron chi connectivity index (χ2n) is 5.42. The maximum Gasteiger partial charge on any atom is 0.328 e. The number of benzene rings is 1. The van der Waals surface area contributed by atoms with Gasteiger partial charge in [-0.3, -0.25) is 14.6 Å². The van der Waals surface area contributed by atoms with Gasteiger partial charge in [0.15, 0.2) is 0 Å². The van der Waals surface area contributed by atoms with E-state index in [9.17, 15) is 14.4 Å². The normalized spacial score (nSPS) is 11.6. The first-order valence-corrected chi connectivity index (χ1v) is 7.82. The second-order valence-corrected chi connectivity index (χ2v) is 5.42. The predicted molar refractivity (Wildman–Crippen MR) is 90.6 cm³/mol. The monoisotopic (exact) mass is 344 g/mol. The van der Waals surface area contributed by atoms with Crippen LogP contribution < -0.4 is 5.32 Å². The number of hydrogen-bond acceptors (Lipinski definition) is 6. The number of aromatic nitrogens is 1. The summed E-state index contributed by atoms with van der Waals surface area (Å²) in [6.07, 6.45) is 0.0806. The predicted octanol–water partition coefficient (Wildman–Crippen LogP) is 1.39. The molecule has 1 heterocycles. The number of carbonyl (C=O) groups is 3. The van der Waals surface area contributed by atoms with Gasteiger partial charge in [-0.25, -0.2) is 4.79 Å². The fraction of sp³-hybridized carbons (Fsp3) is 0.333. The molecule has 0 unspecified atom stereocenters. The summed E-state index contributed by atoms with van der Waals surface area (Å²) in [5.74, 6) is -1.48. The summed E-state index contributed by atoms with van der Waals surface area (Å²) in [6, 6.07) is 10.5. The van der Waals surface area contributed by atoms with E-state index in [1.165, 1.54) is 14.2 Å². The highest BCUT2D eigenvalue weighted by Crippen LogP contribution is 2.13. The topological polar surface area (TPSA) is 94.6 Å². The number of methoxy groups -OCH3 is 2. The number of nitrogens with zero attached hydrogens (tertiary/aromatic N) is 1. The van der Waals surface area contributed by atoms with Gasteiger partial charge >= 0.3 is 11.9 Å². The average molecular weight is 344 g/mol. The van der Waals surface area contributed by atoms with Gasteiger partial charge in [-0.2, -0.15) is 0 Å². The minimum Gasteiger partial charge on any atom is -0.469 e. The van der Waals surface area contributed by atoms with E-state index >= 15 is 0 Å². The number of nitrogens with one attached hydrogen (secondary N) is 1. The van der Waals surface area contributed by atoms with Crippen LogP contribution in [0.4, 0.5) is 0 Å². The largest absolute Gasteiger partial charge is 0.469 e. The van der Waals surface area contributed by atoms with Gasteiger partial charge in [0.2, 0.25) is 5.91 Å². The lowest BCUT2D eigenvalue weighted by Crippen LogP contribution is -2.43. The van der Waals surface area contributed by atoms with Gasteiger partial charge in [0.25, 0.3) is 0 Å². The number of pyridine rings is 1. The summed E-state index contributed by atoms with van der Waals surface area (Å²) in [5.41, 5.74) is 1.46. The molecule has 7 heteroatoms. The van der Waals surface area contributed by atoms with Crippen LogP contribution >= 0.6 is 0 Å². The number of fused-ring (bicyclic) bond motifs is 1. The smallest absolute Gasteiger partial charge is 0.328 e. The van der Waals surface area contributed by atoms with E-state index in [2.05, 4.69) is 15.0 Å². The number of esters is 2. The molecule has 2 rings (SSSR count). The lowest BCUT2D eigenvalue weighted by molar-refractivity contribution is -0.145. The van der Waals surface area contributed by atoms with Crippen LogP contribution in [0.5, 0.6) is 0 Å². The molecule has 1 amide bonds. The van der Waals surface area contributed by atoms with Gasteiger partial charge in [0.1, 0.15) is 6.04 Å². The number of hydrogen-bond donors (Lipinski definition) is 1. The molecule has 7 nitrogen and oxygen atoms in total. The van der Waals surface area contributed by atoms with Crippen molar-refractivity contribution in [3.05, 3.63) is 42.1 Å². The van der Waals surface area contributed by atoms with Gasteiger partial charge in [0, 0.05) is 23.9 Å². The molecule has 0 bridgehead atoms. The minimum atomic E-state index is -0.871. The van der Waals surface area contributed by atoms with Crippen LogP contribution in [0.15, 0.2) is 36.4 Å². The van der Waals surface area contributed by atoms with Crippen molar-refractivity contribution < 1.29 is 23.9 Å². The van der Waals surface area contributed by atoms with Crippen molar-refractivity contribution in [3.63, 3.8) is 0 Å². The highest BCUT2D eigenvalue weighted by Gasteiger charge is 2.23. The fourth-order valence-corrected chi connectivity index (χ4v) is 2.35. The molecule has 0 saturated heterocycles. The van der Waals surface area contributed by atoms with E-state index in [0.29, 0.717) is 5.69 Å². The number of para-hydroxylation sites is 1. The Labute approximate surface area is 145 Å². The molecule has 0 fully saturated rings. The highest BCUT2D eigenvalue weighted by atomic mass is 16.5. The standard InChI is InChI=1S/C18H20N2O5/c1-24-17(22)10-9-16(21)20-15(18(23)25-2)11-13-8-7-12-5-3-4-6-14(12)19-13/h3-8,15H,9-11H2,1-2H3,(H,20,21)/t15-/m1/s1. The Bertz CT molecular complexity index is 775. The molecule has 0 radical (unpaired) electrons. The van der Waals surface area contributed by atoms with Gasteiger partial charge in [0.05, 0.1) is 26.2 Å². The van der Waals surface area contributed by atoms with Crippen LogP contribution in [0.2, 0.25) is 0 Å². The Hall–Kier alpha value is -2.96. The minimum absolute atomic E-state index is 0.0511. The summed E-state index contributed by atoms with van der Waals surface area (Å²) in [4.78, 5) is 39.5. The van der Waals surface area contributed by atoms with Crippen molar-refractivity contribution in [1.29, 1.82) is 0 Å². The average Bonchev–Trinajstić information content (AvgIpc) is 2.64. The van der Waals surface area contributed by atoms with E-state index in [0.717, 1.165) is 10.9 Å². The van der Waals surface area contributed by atoms with Crippen LogP contribution in [0.25, 0.3) is 10.9 Å². The first-order valence-electron chi connectivity index (χ1n) is 7.82. The SMILES string of the molecule is COC(=O)CCC(=O)N[C@H](Cc1ccc2ccccc2n1)C(=O)OC. The summed E-state index contributed by atoms with van der Waals surface area (Å²) in [7, 11) is 2.51. The third-order valence-corrected chi connectivity index (χ3v) is 3.67. The van der Waals surface area contributed by atoms with Crippen LogP contribution in [-0.2, 0) is 30.3 Å². The molecule has 0 aliphatic rings. The van der Waals surface area contributed by atoms with Crippen molar-refractivity contribution in [3.8, 4) is 0 Å². The number of ether oxygens (including phenoxy) is 2. The van der Waals surface area contributed by atoms with E-state index in [1.807, 2.05) is 30.3 Å². The zero-order chi connectivity index (χ0) is 18.2. The maximum absolute atomic E-state index is 12.0. The van der Waals surface area contributed by atoms with Gasteiger partial charge < -0.3 is 14.8 Å². The Morgan fingerprint density at radius 2 is 1.80 bits per heavy atom. The number of rotatable bonds is 7. The van der Waals surface area contributed by atoms with Gasteiger partial charge in [-0.05, 0) is 12.1 Å². The molecule has 1 N–H and O–H groups in total. The van der Waals surface area contributed by atoms with Crippen LogP contribution in [0.3, 0.4) is 0 Å². The Kier molecular flexibility index (Phi) is 6.45. The summed E-state index contributed by atoms with van der Waals surface area (Å²) >= 11 is 0. The van der Waals surface area contributed by atoms with E-state index in [4.69, 9.17) is 4.74 Å². The van der Waals surface area contributed by atoms with Gasteiger partial charge in [-0.15, -0.1) is 0 Å². The van der Waals surface area contributed by atoms with Crippen molar-refractivity contribution >= 4 is 28.7 Å².